The Kier molecular flexibility index (Phi) is 3.43. The van der Waals surface area contributed by atoms with Crippen molar-refractivity contribution >= 4 is 11.6 Å². The van der Waals surface area contributed by atoms with Gasteiger partial charge in [-0.3, -0.25) is 4.79 Å². The summed E-state index contributed by atoms with van der Waals surface area (Å²) in [5.74, 6) is -1.29. The van der Waals surface area contributed by atoms with E-state index in [9.17, 15) is 18.7 Å². The molecule has 0 radical (unpaired) electrons. The van der Waals surface area contributed by atoms with Crippen molar-refractivity contribution in [1.29, 1.82) is 0 Å². The monoisotopic (exact) mass is 289 g/mol. The largest absolute Gasteiger partial charge is 0.383 e. The van der Waals surface area contributed by atoms with Crippen molar-refractivity contribution in [3.8, 4) is 0 Å². The minimum absolute atomic E-state index is 0.0464. The number of rotatable bonds is 2. The lowest BCUT2D eigenvalue weighted by atomic mass is 9.93. The van der Waals surface area contributed by atoms with Crippen molar-refractivity contribution < 1.29 is 18.7 Å². The number of halogens is 2. The highest BCUT2D eigenvalue weighted by molar-refractivity contribution is 5.95. The van der Waals surface area contributed by atoms with Gasteiger partial charge in [-0.25, -0.2) is 8.78 Å². The average molecular weight is 289 g/mol. The van der Waals surface area contributed by atoms with Crippen LogP contribution in [0.1, 0.15) is 29.2 Å². The molecule has 1 aliphatic heterocycles. The number of carbonyl (C=O) groups excluding carboxylic acids is 1. The van der Waals surface area contributed by atoms with Crippen LogP contribution < -0.4 is 5.32 Å². The number of fused-ring (bicyclic) bond motifs is 1. The quantitative estimate of drug-likeness (QED) is 0.893. The fraction of sp³-hybridized carbons (Fsp3) is 0.188. The van der Waals surface area contributed by atoms with Gasteiger partial charge in [0.05, 0.1) is 5.69 Å². The van der Waals surface area contributed by atoms with E-state index in [1.807, 2.05) is 0 Å². The summed E-state index contributed by atoms with van der Waals surface area (Å²) < 4.78 is 27.5. The molecule has 2 aromatic rings. The molecule has 5 heteroatoms. The molecule has 0 saturated carbocycles. The second-order valence-corrected chi connectivity index (χ2v) is 5.00. The van der Waals surface area contributed by atoms with E-state index in [0.717, 1.165) is 6.07 Å². The van der Waals surface area contributed by atoms with Gasteiger partial charge in [0.1, 0.15) is 17.7 Å². The molecule has 1 aliphatic rings. The van der Waals surface area contributed by atoms with E-state index in [0.29, 0.717) is 17.7 Å². The zero-order chi connectivity index (χ0) is 15.0. The van der Waals surface area contributed by atoms with E-state index >= 15 is 0 Å². The van der Waals surface area contributed by atoms with Crippen LogP contribution in [0.2, 0.25) is 0 Å². The predicted octanol–water partition coefficient (Wildman–Crippen LogP) is 2.93. The lowest BCUT2D eigenvalue weighted by Crippen LogP contribution is -2.22. The van der Waals surface area contributed by atoms with Gasteiger partial charge in [-0.05, 0) is 30.2 Å². The Balaban J connectivity index is 2.12. The highest BCUT2D eigenvalue weighted by Crippen LogP contribution is 2.35. The normalized spacial score (nSPS) is 15.3. The van der Waals surface area contributed by atoms with Crippen LogP contribution in [0.15, 0.2) is 36.4 Å². The van der Waals surface area contributed by atoms with Crippen molar-refractivity contribution in [2.75, 3.05) is 5.32 Å². The molecule has 3 rings (SSSR count). The summed E-state index contributed by atoms with van der Waals surface area (Å²) in [6.45, 7) is 0. The topological polar surface area (TPSA) is 49.3 Å². The average Bonchev–Trinajstić information content (AvgIpc) is 2.47. The van der Waals surface area contributed by atoms with Gasteiger partial charge in [0.25, 0.3) is 0 Å². The molecule has 0 bridgehead atoms. The fourth-order valence-electron chi connectivity index (χ4n) is 2.57. The van der Waals surface area contributed by atoms with Crippen LogP contribution in [-0.4, -0.2) is 11.0 Å². The fourth-order valence-corrected chi connectivity index (χ4v) is 2.57. The Morgan fingerprint density at radius 2 is 1.86 bits per heavy atom. The third-order valence-corrected chi connectivity index (χ3v) is 3.60. The molecule has 0 spiro atoms. The van der Waals surface area contributed by atoms with Gasteiger partial charge in [0, 0.05) is 17.5 Å². The smallest absolute Gasteiger partial charge is 0.224 e. The van der Waals surface area contributed by atoms with E-state index in [-0.39, 0.29) is 23.5 Å². The maximum Gasteiger partial charge on any atom is 0.224 e. The molecule has 2 aromatic carbocycles. The summed E-state index contributed by atoms with van der Waals surface area (Å²) in [5, 5.41) is 13.0. The molecule has 1 unspecified atom stereocenters. The number of aryl methyl sites for hydroxylation is 1. The van der Waals surface area contributed by atoms with Crippen LogP contribution in [0.3, 0.4) is 0 Å². The Hall–Kier alpha value is -2.27. The van der Waals surface area contributed by atoms with E-state index < -0.39 is 17.7 Å². The van der Waals surface area contributed by atoms with E-state index in [4.69, 9.17) is 0 Å². The van der Waals surface area contributed by atoms with Crippen molar-refractivity contribution in [3.63, 3.8) is 0 Å². The number of benzene rings is 2. The zero-order valence-corrected chi connectivity index (χ0v) is 11.1. The van der Waals surface area contributed by atoms with Crippen molar-refractivity contribution in [3.05, 3.63) is 64.7 Å². The third-order valence-electron chi connectivity index (χ3n) is 3.60. The maximum atomic E-state index is 13.8. The highest BCUT2D eigenvalue weighted by Gasteiger charge is 2.25. The second-order valence-electron chi connectivity index (χ2n) is 5.00. The minimum atomic E-state index is -1.34. The molecular formula is C16H13F2NO2. The summed E-state index contributed by atoms with van der Waals surface area (Å²) in [7, 11) is 0. The molecule has 1 heterocycles. The number of hydrogen-bond donors (Lipinski definition) is 2. The maximum absolute atomic E-state index is 13.8. The second kappa shape index (κ2) is 5.26. The number of aliphatic hydroxyl groups is 1. The summed E-state index contributed by atoms with van der Waals surface area (Å²) in [6.07, 6.45) is -0.671. The van der Waals surface area contributed by atoms with Crippen molar-refractivity contribution in [2.45, 2.75) is 18.9 Å². The van der Waals surface area contributed by atoms with Gasteiger partial charge in [-0.15, -0.1) is 0 Å². The Bertz CT molecular complexity index is 715. The lowest BCUT2D eigenvalue weighted by molar-refractivity contribution is -0.116. The van der Waals surface area contributed by atoms with Crippen LogP contribution in [0.5, 0.6) is 0 Å². The van der Waals surface area contributed by atoms with Crippen LogP contribution >= 0.6 is 0 Å². The number of carbonyl (C=O) groups is 1. The number of amides is 1. The SMILES string of the molecule is O=C1CCc2cc(F)cc(C(O)c3ccccc3F)c2N1. The van der Waals surface area contributed by atoms with Gasteiger partial charge in [-0.1, -0.05) is 18.2 Å². The zero-order valence-electron chi connectivity index (χ0n) is 11.1. The first-order valence-corrected chi connectivity index (χ1v) is 6.61. The molecule has 3 nitrogen and oxygen atoms in total. The summed E-state index contributed by atoms with van der Waals surface area (Å²) >= 11 is 0. The van der Waals surface area contributed by atoms with Crippen molar-refractivity contribution in [1.82, 2.24) is 0 Å². The summed E-state index contributed by atoms with van der Waals surface area (Å²) in [5.41, 5.74) is 1.21. The molecular weight excluding hydrogens is 276 g/mol. The highest BCUT2D eigenvalue weighted by atomic mass is 19.1. The van der Waals surface area contributed by atoms with Gasteiger partial charge < -0.3 is 10.4 Å². The number of nitrogens with one attached hydrogen (secondary N) is 1. The third kappa shape index (κ3) is 2.52. The number of anilines is 1. The van der Waals surface area contributed by atoms with Gasteiger partial charge in [0.2, 0.25) is 5.91 Å². The molecule has 108 valence electrons. The first-order valence-electron chi connectivity index (χ1n) is 6.61. The molecule has 0 aliphatic carbocycles. The number of aliphatic hydroxyl groups excluding tert-OH is 1. The van der Waals surface area contributed by atoms with E-state index in [1.54, 1.807) is 6.07 Å². The number of hydrogen-bond acceptors (Lipinski definition) is 2. The first kappa shape index (κ1) is 13.7. The van der Waals surface area contributed by atoms with Gasteiger partial charge >= 0.3 is 0 Å². The van der Waals surface area contributed by atoms with Crippen LogP contribution in [0.25, 0.3) is 0 Å². The lowest BCUT2D eigenvalue weighted by Gasteiger charge is -2.23. The molecule has 21 heavy (non-hydrogen) atoms. The van der Waals surface area contributed by atoms with E-state index in [1.165, 1.54) is 24.3 Å². The summed E-state index contributed by atoms with van der Waals surface area (Å²) in [4.78, 5) is 11.5. The molecule has 1 amide bonds. The summed E-state index contributed by atoms with van der Waals surface area (Å²) in [6, 6.07) is 8.21. The Labute approximate surface area is 120 Å². The van der Waals surface area contributed by atoms with Gasteiger partial charge in [-0.2, -0.15) is 0 Å². The van der Waals surface area contributed by atoms with Crippen LogP contribution in [0, 0.1) is 11.6 Å². The molecule has 2 N–H and O–H groups in total. The standard InChI is InChI=1S/C16H13F2NO2/c17-10-7-9-5-6-14(20)19-15(9)12(8-10)16(21)11-3-1-2-4-13(11)18/h1-4,7-8,16,21H,5-6H2,(H,19,20). The molecule has 0 fully saturated rings. The Morgan fingerprint density at radius 3 is 2.62 bits per heavy atom. The van der Waals surface area contributed by atoms with Crippen LogP contribution in [0.4, 0.5) is 14.5 Å². The molecule has 0 aromatic heterocycles. The molecule has 1 atom stereocenters. The predicted molar refractivity (Wildman–Crippen MR) is 73.8 cm³/mol. The van der Waals surface area contributed by atoms with E-state index in [2.05, 4.69) is 5.32 Å². The minimum Gasteiger partial charge on any atom is -0.383 e. The van der Waals surface area contributed by atoms with Gasteiger partial charge in [0.15, 0.2) is 0 Å². The molecule has 0 saturated heterocycles. The Morgan fingerprint density at radius 1 is 1.10 bits per heavy atom. The first-order chi connectivity index (χ1) is 10.1. The van der Waals surface area contributed by atoms with Crippen LogP contribution in [-0.2, 0) is 11.2 Å². The van der Waals surface area contributed by atoms with Crippen molar-refractivity contribution in [2.24, 2.45) is 0 Å².